The van der Waals surface area contributed by atoms with Gasteiger partial charge < -0.3 is 9.73 Å². The van der Waals surface area contributed by atoms with Gasteiger partial charge in [-0.3, -0.25) is 5.32 Å². The van der Waals surface area contributed by atoms with Gasteiger partial charge >= 0.3 is 6.03 Å². The fourth-order valence-corrected chi connectivity index (χ4v) is 3.19. The van der Waals surface area contributed by atoms with E-state index in [1.165, 1.54) is 18.5 Å². The van der Waals surface area contributed by atoms with Crippen LogP contribution in [0.3, 0.4) is 0 Å². The van der Waals surface area contributed by atoms with Gasteiger partial charge in [0.2, 0.25) is 5.89 Å². The smallest absolute Gasteiger partial charge is 0.325 e. The Hall–Kier alpha value is -2.88. The van der Waals surface area contributed by atoms with E-state index in [1.807, 2.05) is 20.8 Å². The van der Waals surface area contributed by atoms with Crippen LogP contribution in [0.5, 0.6) is 0 Å². The maximum absolute atomic E-state index is 14.5. The molecule has 154 valence electrons. The number of anilines is 2. The molecule has 1 aromatic carbocycles. The number of oxazole rings is 1. The molecule has 29 heavy (non-hydrogen) atoms. The van der Waals surface area contributed by atoms with E-state index in [4.69, 9.17) is 4.42 Å². The van der Waals surface area contributed by atoms with Crippen LogP contribution in [0.15, 0.2) is 35.0 Å². The van der Waals surface area contributed by atoms with Crippen LogP contribution < -0.4 is 10.6 Å². The Morgan fingerprint density at radius 3 is 2.48 bits per heavy atom. The number of hydrogen-bond acceptors (Lipinski definition) is 5. The normalized spacial score (nSPS) is 12.6. The Morgan fingerprint density at radius 1 is 1.17 bits per heavy atom. The van der Waals surface area contributed by atoms with Crippen LogP contribution in [0.25, 0.3) is 0 Å². The molecule has 2 N–H and O–H groups in total. The number of halogens is 3. The Labute approximate surface area is 169 Å². The average molecular weight is 424 g/mol. The van der Waals surface area contributed by atoms with E-state index in [2.05, 4.69) is 20.6 Å². The van der Waals surface area contributed by atoms with Crippen LogP contribution in [0.1, 0.15) is 43.5 Å². The average Bonchev–Trinajstić information content (AvgIpc) is 3.28. The summed E-state index contributed by atoms with van der Waals surface area (Å²) in [5.41, 5.74) is -0.846. The topological polar surface area (TPSA) is 80.0 Å². The SMILES string of the molecule is CC(C)(C)c1cnc(C(F)Cc2cnc(NC(=O)Nc3c(F)cccc3F)s2)o1. The van der Waals surface area contributed by atoms with Crippen molar-refractivity contribution in [3.63, 3.8) is 0 Å². The Balaban J connectivity index is 1.60. The Morgan fingerprint density at radius 2 is 1.86 bits per heavy atom. The lowest BCUT2D eigenvalue weighted by molar-refractivity contribution is 0.259. The van der Waals surface area contributed by atoms with Gasteiger partial charge in [0.05, 0.1) is 6.20 Å². The summed E-state index contributed by atoms with van der Waals surface area (Å²) < 4.78 is 47.2. The van der Waals surface area contributed by atoms with Gasteiger partial charge in [-0.2, -0.15) is 0 Å². The van der Waals surface area contributed by atoms with Crippen molar-refractivity contribution in [2.24, 2.45) is 0 Å². The number of para-hydroxylation sites is 1. The first-order valence-corrected chi connectivity index (χ1v) is 9.52. The van der Waals surface area contributed by atoms with Crippen molar-refractivity contribution in [1.82, 2.24) is 9.97 Å². The molecule has 0 aliphatic rings. The molecule has 0 saturated carbocycles. The lowest BCUT2D eigenvalue weighted by Crippen LogP contribution is -2.20. The molecule has 0 bridgehead atoms. The summed E-state index contributed by atoms with van der Waals surface area (Å²) in [6.07, 6.45) is 1.41. The second-order valence-corrected chi connectivity index (χ2v) is 8.41. The first-order valence-electron chi connectivity index (χ1n) is 8.70. The molecule has 1 unspecified atom stereocenters. The van der Waals surface area contributed by atoms with Gasteiger partial charge in [0.15, 0.2) is 11.3 Å². The van der Waals surface area contributed by atoms with Gasteiger partial charge in [-0.1, -0.05) is 26.8 Å². The predicted octanol–water partition coefficient (Wildman–Crippen LogP) is 5.60. The highest BCUT2D eigenvalue weighted by Gasteiger charge is 2.24. The van der Waals surface area contributed by atoms with Crippen molar-refractivity contribution in [3.05, 3.63) is 58.8 Å². The summed E-state index contributed by atoms with van der Waals surface area (Å²) in [4.78, 5) is 20.5. The molecule has 0 fully saturated rings. The first kappa shape index (κ1) is 20.8. The zero-order valence-electron chi connectivity index (χ0n) is 15.9. The highest BCUT2D eigenvalue weighted by Crippen LogP contribution is 2.30. The van der Waals surface area contributed by atoms with Crippen LogP contribution in [0.2, 0.25) is 0 Å². The maximum atomic E-state index is 14.5. The number of carbonyl (C=O) groups excluding carboxylic acids is 1. The molecule has 0 radical (unpaired) electrons. The van der Waals surface area contributed by atoms with Crippen LogP contribution >= 0.6 is 11.3 Å². The van der Waals surface area contributed by atoms with Crippen molar-refractivity contribution in [1.29, 1.82) is 0 Å². The van der Waals surface area contributed by atoms with Crippen molar-refractivity contribution in [2.45, 2.75) is 38.8 Å². The Bertz CT molecular complexity index is 993. The fourth-order valence-electron chi connectivity index (χ4n) is 2.36. The zero-order chi connectivity index (χ0) is 21.2. The van der Waals surface area contributed by atoms with E-state index in [1.54, 1.807) is 0 Å². The summed E-state index contributed by atoms with van der Waals surface area (Å²) in [5.74, 6) is -1.24. The highest BCUT2D eigenvalue weighted by molar-refractivity contribution is 7.15. The number of carbonyl (C=O) groups is 1. The molecule has 2 aromatic heterocycles. The summed E-state index contributed by atoms with van der Waals surface area (Å²) in [6, 6.07) is 2.37. The third-order valence-electron chi connectivity index (χ3n) is 3.89. The number of urea groups is 1. The van der Waals surface area contributed by atoms with Crippen LogP contribution in [0, 0.1) is 11.6 Å². The molecule has 2 amide bonds. The molecule has 3 aromatic rings. The minimum Gasteiger partial charge on any atom is -0.442 e. The number of aromatic nitrogens is 2. The number of thiazole rings is 1. The number of nitrogens with zero attached hydrogens (tertiary/aromatic N) is 2. The van der Waals surface area contributed by atoms with E-state index in [-0.39, 0.29) is 22.9 Å². The third kappa shape index (κ3) is 5.14. The van der Waals surface area contributed by atoms with Crippen LogP contribution in [0.4, 0.5) is 28.8 Å². The van der Waals surface area contributed by atoms with Crippen LogP contribution in [-0.4, -0.2) is 16.0 Å². The summed E-state index contributed by atoms with van der Waals surface area (Å²) >= 11 is 1.04. The van der Waals surface area contributed by atoms with Gasteiger partial charge in [-0.15, -0.1) is 11.3 Å². The predicted molar refractivity (Wildman–Crippen MR) is 104 cm³/mol. The molecule has 0 aliphatic heterocycles. The van der Waals surface area contributed by atoms with E-state index in [0.29, 0.717) is 10.6 Å². The lowest BCUT2D eigenvalue weighted by Gasteiger charge is -2.13. The third-order valence-corrected chi connectivity index (χ3v) is 4.82. The van der Waals surface area contributed by atoms with E-state index < -0.39 is 29.5 Å². The highest BCUT2D eigenvalue weighted by atomic mass is 32.1. The summed E-state index contributed by atoms with van der Waals surface area (Å²) in [6.45, 7) is 5.80. The van der Waals surface area contributed by atoms with Crippen molar-refractivity contribution >= 4 is 28.2 Å². The van der Waals surface area contributed by atoms with Gasteiger partial charge in [-0.05, 0) is 12.1 Å². The zero-order valence-corrected chi connectivity index (χ0v) is 16.7. The second-order valence-electron chi connectivity index (χ2n) is 7.29. The summed E-state index contributed by atoms with van der Waals surface area (Å²) in [7, 11) is 0. The molecule has 2 heterocycles. The molecule has 10 heteroatoms. The second kappa shape index (κ2) is 8.24. The lowest BCUT2D eigenvalue weighted by atomic mass is 9.94. The number of benzene rings is 1. The molecule has 3 rings (SSSR count). The number of nitrogens with one attached hydrogen (secondary N) is 2. The molecular formula is C19H19F3N4O2S. The van der Waals surface area contributed by atoms with E-state index >= 15 is 0 Å². The van der Waals surface area contributed by atoms with Gasteiger partial charge in [-0.25, -0.2) is 27.9 Å². The Kier molecular flexibility index (Phi) is 5.92. The van der Waals surface area contributed by atoms with E-state index in [0.717, 1.165) is 23.5 Å². The van der Waals surface area contributed by atoms with Gasteiger partial charge in [0.1, 0.15) is 23.1 Å². The fraction of sp³-hybridized carbons (Fsp3) is 0.316. The molecule has 1 atom stereocenters. The standard InChI is InChI=1S/C19H19F3N4O2S/c1-19(2,3)14-9-23-16(28-14)13(22)7-10-8-24-18(29-10)26-17(27)25-15-11(20)5-4-6-12(15)21/h4-6,8-9,13H,7H2,1-3H3,(H2,24,25,26,27). The number of hydrogen-bond donors (Lipinski definition) is 2. The van der Waals surface area contributed by atoms with E-state index in [9.17, 15) is 18.0 Å². The largest absolute Gasteiger partial charge is 0.442 e. The molecular weight excluding hydrogens is 405 g/mol. The molecule has 0 saturated heterocycles. The van der Waals surface area contributed by atoms with Crippen molar-refractivity contribution in [2.75, 3.05) is 10.6 Å². The van der Waals surface area contributed by atoms with Crippen LogP contribution in [-0.2, 0) is 11.8 Å². The number of rotatable bonds is 5. The quantitative estimate of drug-likeness (QED) is 0.558. The van der Waals surface area contributed by atoms with Gasteiger partial charge in [0.25, 0.3) is 0 Å². The monoisotopic (exact) mass is 424 g/mol. The van der Waals surface area contributed by atoms with Crippen molar-refractivity contribution < 1.29 is 22.4 Å². The number of amides is 2. The minimum absolute atomic E-state index is 0.0226. The summed E-state index contributed by atoms with van der Waals surface area (Å²) in [5, 5.41) is 4.61. The van der Waals surface area contributed by atoms with Gasteiger partial charge in [0, 0.05) is 22.9 Å². The van der Waals surface area contributed by atoms with Crippen molar-refractivity contribution in [3.8, 4) is 0 Å². The molecule has 0 spiro atoms. The molecule has 0 aliphatic carbocycles. The minimum atomic E-state index is -1.47. The molecule has 6 nitrogen and oxygen atoms in total. The first-order chi connectivity index (χ1) is 13.6. The number of alkyl halides is 1. The maximum Gasteiger partial charge on any atom is 0.325 e.